The Morgan fingerprint density at radius 3 is 2.94 bits per heavy atom. The van der Waals surface area contributed by atoms with E-state index in [1.54, 1.807) is 6.07 Å². The zero-order valence-corrected chi connectivity index (χ0v) is 10.8. The molecule has 0 bridgehead atoms. The highest BCUT2D eigenvalue weighted by Crippen LogP contribution is 2.23. The second-order valence-electron chi connectivity index (χ2n) is 5.42. The predicted octanol–water partition coefficient (Wildman–Crippen LogP) is 3.80. The molecule has 17 heavy (non-hydrogen) atoms. The van der Waals surface area contributed by atoms with E-state index in [9.17, 15) is 4.39 Å². The van der Waals surface area contributed by atoms with Crippen molar-refractivity contribution in [2.24, 2.45) is 5.92 Å². The molecule has 1 nitrogen and oxygen atoms in total. The quantitative estimate of drug-likeness (QED) is 0.840. The minimum absolute atomic E-state index is 0.135. The molecule has 94 valence electrons. The van der Waals surface area contributed by atoms with Gasteiger partial charge in [0, 0.05) is 12.6 Å². The summed E-state index contributed by atoms with van der Waals surface area (Å²) < 4.78 is 13.1. The minimum atomic E-state index is -0.135. The maximum Gasteiger partial charge on any atom is 0.123 e. The van der Waals surface area contributed by atoms with E-state index in [-0.39, 0.29) is 5.82 Å². The van der Waals surface area contributed by atoms with E-state index in [0.717, 1.165) is 18.0 Å². The van der Waals surface area contributed by atoms with Crippen molar-refractivity contribution in [1.82, 2.24) is 5.32 Å². The number of benzene rings is 1. The lowest BCUT2D eigenvalue weighted by molar-refractivity contribution is 0.300. The van der Waals surface area contributed by atoms with Crippen molar-refractivity contribution in [3.05, 3.63) is 35.1 Å². The van der Waals surface area contributed by atoms with E-state index in [1.165, 1.54) is 37.3 Å². The minimum Gasteiger partial charge on any atom is -0.310 e. The normalized spacial score (nSPS) is 24.9. The summed E-state index contributed by atoms with van der Waals surface area (Å²) >= 11 is 0. The zero-order chi connectivity index (χ0) is 12.3. The van der Waals surface area contributed by atoms with Gasteiger partial charge in [-0.05, 0) is 48.9 Å². The first-order chi connectivity index (χ1) is 8.15. The molecule has 2 unspecified atom stereocenters. The van der Waals surface area contributed by atoms with Crippen LogP contribution < -0.4 is 5.32 Å². The van der Waals surface area contributed by atoms with Gasteiger partial charge in [0.25, 0.3) is 0 Å². The molecule has 1 saturated carbocycles. The van der Waals surface area contributed by atoms with Gasteiger partial charge in [-0.25, -0.2) is 4.39 Å². The Hall–Kier alpha value is -0.890. The number of rotatable bonds is 3. The molecule has 1 N–H and O–H groups in total. The monoisotopic (exact) mass is 235 g/mol. The summed E-state index contributed by atoms with van der Waals surface area (Å²) in [4.78, 5) is 0. The van der Waals surface area contributed by atoms with Crippen LogP contribution in [0.4, 0.5) is 4.39 Å². The highest BCUT2D eigenvalue weighted by atomic mass is 19.1. The average molecular weight is 235 g/mol. The van der Waals surface area contributed by atoms with Gasteiger partial charge < -0.3 is 5.32 Å². The molecule has 2 atom stereocenters. The first-order valence-corrected chi connectivity index (χ1v) is 6.63. The third-order valence-electron chi connectivity index (χ3n) is 3.83. The molecule has 1 aromatic carbocycles. The molecule has 1 aliphatic rings. The molecule has 0 aromatic heterocycles. The second kappa shape index (κ2) is 5.63. The second-order valence-corrected chi connectivity index (χ2v) is 5.42. The standard InChI is InChI=1S/C15H22FN/c1-11-4-3-5-15(8-11)17-10-13-9-14(16)7-6-12(13)2/h6-7,9,11,15,17H,3-5,8,10H2,1-2H3. The highest BCUT2D eigenvalue weighted by molar-refractivity contribution is 5.26. The van der Waals surface area contributed by atoms with Crippen molar-refractivity contribution >= 4 is 0 Å². The van der Waals surface area contributed by atoms with E-state index in [4.69, 9.17) is 0 Å². The van der Waals surface area contributed by atoms with Gasteiger partial charge in [0.15, 0.2) is 0 Å². The molecule has 1 aromatic rings. The lowest BCUT2D eigenvalue weighted by atomic mass is 9.87. The Labute approximate surface area is 103 Å². The van der Waals surface area contributed by atoms with Gasteiger partial charge in [0.05, 0.1) is 0 Å². The van der Waals surface area contributed by atoms with E-state index >= 15 is 0 Å². The van der Waals surface area contributed by atoms with Crippen molar-refractivity contribution in [2.75, 3.05) is 0 Å². The summed E-state index contributed by atoms with van der Waals surface area (Å²) in [5.41, 5.74) is 2.26. The number of aryl methyl sites for hydroxylation is 1. The largest absolute Gasteiger partial charge is 0.310 e. The molecule has 0 amide bonds. The van der Waals surface area contributed by atoms with Gasteiger partial charge in [-0.3, -0.25) is 0 Å². The van der Waals surface area contributed by atoms with Gasteiger partial charge in [-0.2, -0.15) is 0 Å². The summed E-state index contributed by atoms with van der Waals surface area (Å²) in [6, 6.07) is 5.65. The summed E-state index contributed by atoms with van der Waals surface area (Å²) in [6.45, 7) is 5.15. The topological polar surface area (TPSA) is 12.0 Å². The van der Waals surface area contributed by atoms with E-state index in [0.29, 0.717) is 6.04 Å². The van der Waals surface area contributed by atoms with Crippen LogP contribution in [0.3, 0.4) is 0 Å². The highest BCUT2D eigenvalue weighted by Gasteiger charge is 2.18. The van der Waals surface area contributed by atoms with Crippen LogP contribution in [0.5, 0.6) is 0 Å². The maximum atomic E-state index is 13.1. The van der Waals surface area contributed by atoms with Crippen LogP contribution in [0.15, 0.2) is 18.2 Å². The molecule has 2 heteroatoms. The van der Waals surface area contributed by atoms with Gasteiger partial charge >= 0.3 is 0 Å². The molecule has 1 fully saturated rings. The van der Waals surface area contributed by atoms with Gasteiger partial charge in [0.1, 0.15) is 5.82 Å². The van der Waals surface area contributed by atoms with Crippen molar-refractivity contribution in [1.29, 1.82) is 0 Å². The van der Waals surface area contributed by atoms with Crippen molar-refractivity contribution < 1.29 is 4.39 Å². The summed E-state index contributed by atoms with van der Waals surface area (Å²) in [6.07, 6.45) is 5.20. The fraction of sp³-hybridized carbons (Fsp3) is 0.600. The number of halogens is 1. The Balaban J connectivity index is 1.90. The molecule has 2 rings (SSSR count). The van der Waals surface area contributed by atoms with Crippen molar-refractivity contribution in [3.63, 3.8) is 0 Å². The average Bonchev–Trinajstić information content (AvgIpc) is 2.30. The Kier molecular flexibility index (Phi) is 4.16. The molecule has 0 heterocycles. The Morgan fingerprint density at radius 1 is 1.35 bits per heavy atom. The summed E-state index contributed by atoms with van der Waals surface area (Å²) in [5.74, 6) is 0.694. The number of nitrogens with one attached hydrogen (secondary N) is 1. The van der Waals surface area contributed by atoms with Crippen LogP contribution in [-0.4, -0.2) is 6.04 Å². The van der Waals surface area contributed by atoms with Gasteiger partial charge in [-0.1, -0.05) is 25.8 Å². The van der Waals surface area contributed by atoms with Crippen molar-refractivity contribution in [2.45, 2.75) is 52.1 Å². The molecule has 0 saturated heterocycles. The van der Waals surface area contributed by atoms with Gasteiger partial charge in [0.2, 0.25) is 0 Å². The molecule has 0 radical (unpaired) electrons. The third kappa shape index (κ3) is 3.53. The summed E-state index contributed by atoms with van der Waals surface area (Å²) in [7, 11) is 0. The lowest BCUT2D eigenvalue weighted by Crippen LogP contribution is -2.33. The van der Waals surface area contributed by atoms with Crippen LogP contribution in [0.25, 0.3) is 0 Å². The maximum absolute atomic E-state index is 13.1. The van der Waals surface area contributed by atoms with Crippen LogP contribution >= 0.6 is 0 Å². The van der Waals surface area contributed by atoms with Crippen LogP contribution in [0.1, 0.15) is 43.7 Å². The molecule has 0 aliphatic heterocycles. The van der Waals surface area contributed by atoms with Crippen LogP contribution in [0, 0.1) is 18.7 Å². The fourth-order valence-corrected chi connectivity index (χ4v) is 2.70. The third-order valence-corrected chi connectivity index (χ3v) is 3.83. The molecular formula is C15H22FN. The fourth-order valence-electron chi connectivity index (χ4n) is 2.70. The van der Waals surface area contributed by atoms with E-state index in [1.807, 2.05) is 13.0 Å². The number of hydrogen-bond donors (Lipinski definition) is 1. The molecule has 1 aliphatic carbocycles. The molecule has 0 spiro atoms. The van der Waals surface area contributed by atoms with Gasteiger partial charge in [-0.15, -0.1) is 0 Å². The Bertz CT molecular complexity index is 375. The predicted molar refractivity (Wildman–Crippen MR) is 69.4 cm³/mol. The first-order valence-electron chi connectivity index (χ1n) is 6.63. The SMILES string of the molecule is Cc1ccc(F)cc1CNC1CCCC(C)C1. The van der Waals surface area contributed by atoms with E-state index in [2.05, 4.69) is 12.2 Å². The number of hydrogen-bond acceptors (Lipinski definition) is 1. The Morgan fingerprint density at radius 2 is 2.18 bits per heavy atom. The summed E-state index contributed by atoms with van der Waals surface area (Å²) in [5, 5.41) is 3.57. The van der Waals surface area contributed by atoms with Crippen LogP contribution in [-0.2, 0) is 6.54 Å². The first kappa shape index (κ1) is 12.6. The zero-order valence-electron chi connectivity index (χ0n) is 10.8. The van der Waals surface area contributed by atoms with Crippen molar-refractivity contribution in [3.8, 4) is 0 Å². The lowest BCUT2D eigenvalue weighted by Gasteiger charge is -2.27. The van der Waals surface area contributed by atoms with E-state index < -0.39 is 0 Å². The molecular weight excluding hydrogens is 213 g/mol. The smallest absolute Gasteiger partial charge is 0.123 e. The van der Waals surface area contributed by atoms with Crippen LogP contribution in [0.2, 0.25) is 0 Å².